The lowest BCUT2D eigenvalue weighted by Gasteiger charge is -1.95. The number of benzene rings is 1. The summed E-state index contributed by atoms with van der Waals surface area (Å²) < 4.78 is 6.50. The molecule has 0 aliphatic heterocycles. The molecule has 0 aliphatic carbocycles. The smallest absolute Gasteiger partial charge is 0.194 e. The van der Waals surface area contributed by atoms with Crippen molar-refractivity contribution >= 4 is 15.9 Å². The Kier molecular flexibility index (Phi) is 3.78. The summed E-state index contributed by atoms with van der Waals surface area (Å²) in [5, 5.41) is 0. The summed E-state index contributed by atoms with van der Waals surface area (Å²) in [6, 6.07) is 8.09. The molecule has 0 aliphatic rings. The third kappa shape index (κ3) is 2.73. The van der Waals surface area contributed by atoms with Crippen LogP contribution in [-0.2, 0) is 6.42 Å². The molecule has 3 heteroatoms. The number of halogens is 1. The largest absolute Gasteiger partial charge is 0.448 e. The van der Waals surface area contributed by atoms with Crippen LogP contribution in [0, 0.1) is 0 Å². The molecule has 0 unspecified atom stereocenters. The van der Waals surface area contributed by atoms with Crippen molar-refractivity contribution in [2.24, 2.45) is 0 Å². The van der Waals surface area contributed by atoms with E-state index < -0.39 is 0 Å². The molecular weight excluding hydrogens is 266 g/mol. The van der Waals surface area contributed by atoms with Crippen molar-refractivity contribution in [2.45, 2.75) is 26.2 Å². The van der Waals surface area contributed by atoms with E-state index in [1.165, 1.54) is 0 Å². The number of aromatic nitrogens is 1. The van der Waals surface area contributed by atoms with Crippen molar-refractivity contribution in [3.8, 4) is 11.3 Å². The zero-order valence-electron chi connectivity index (χ0n) is 9.24. The minimum absolute atomic E-state index is 0.833. The molecule has 0 bridgehead atoms. The molecule has 2 rings (SSSR count). The number of unbranched alkanes of at least 4 members (excludes halogenated alkanes) is 1. The minimum atomic E-state index is 0.833. The van der Waals surface area contributed by atoms with Crippen LogP contribution in [0.2, 0.25) is 0 Å². The fraction of sp³-hybridized carbons (Fsp3) is 0.308. The van der Waals surface area contributed by atoms with E-state index in [2.05, 4.69) is 27.8 Å². The quantitative estimate of drug-likeness (QED) is 0.827. The van der Waals surface area contributed by atoms with Crippen molar-refractivity contribution in [1.29, 1.82) is 0 Å². The number of rotatable bonds is 4. The van der Waals surface area contributed by atoms with Gasteiger partial charge >= 0.3 is 0 Å². The zero-order valence-corrected chi connectivity index (χ0v) is 10.8. The highest BCUT2D eigenvalue weighted by Crippen LogP contribution is 2.21. The number of oxazole rings is 1. The summed E-state index contributed by atoms with van der Waals surface area (Å²) >= 11 is 3.41. The average Bonchev–Trinajstić information content (AvgIpc) is 2.76. The van der Waals surface area contributed by atoms with Gasteiger partial charge in [-0.3, -0.25) is 0 Å². The van der Waals surface area contributed by atoms with Crippen molar-refractivity contribution in [3.63, 3.8) is 0 Å². The van der Waals surface area contributed by atoms with E-state index in [4.69, 9.17) is 4.42 Å². The van der Waals surface area contributed by atoms with Gasteiger partial charge < -0.3 is 4.42 Å². The standard InChI is InChI=1S/C13H14BrNO/c1-2-3-4-13-15-12(9-16-13)10-5-7-11(14)8-6-10/h5-9H,2-4H2,1H3. The molecule has 0 spiro atoms. The van der Waals surface area contributed by atoms with E-state index in [1.807, 2.05) is 24.3 Å². The molecular formula is C13H14BrNO. The number of aryl methyl sites for hydroxylation is 1. The van der Waals surface area contributed by atoms with E-state index >= 15 is 0 Å². The van der Waals surface area contributed by atoms with Gasteiger partial charge in [0, 0.05) is 16.5 Å². The van der Waals surface area contributed by atoms with Crippen molar-refractivity contribution in [1.82, 2.24) is 4.98 Å². The molecule has 0 fully saturated rings. The highest BCUT2D eigenvalue weighted by Gasteiger charge is 2.05. The van der Waals surface area contributed by atoms with E-state index in [0.717, 1.165) is 40.9 Å². The van der Waals surface area contributed by atoms with Crippen LogP contribution < -0.4 is 0 Å². The fourth-order valence-electron chi connectivity index (χ4n) is 1.51. The van der Waals surface area contributed by atoms with Gasteiger partial charge in [-0.25, -0.2) is 4.98 Å². The summed E-state index contributed by atoms with van der Waals surface area (Å²) in [6.07, 6.45) is 4.94. The minimum Gasteiger partial charge on any atom is -0.448 e. The lowest BCUT2D eigenvalue weighted by molar-refractivity contribution is 0.486. The van der Waals surface area contributed by atoms with E-state index in [0.29, 0.717) is 0 Å². The van der Waals surface area contributed by atoms with Gasteiger partial charge in [0.2, 0.25) is 0 Å². The molecule has 84 valence electrons. The van der Waals surface area contributed by atoms with Crippen LogP contribution >= 0.6 is 15.9 Å². The van der Waals surface area contributed by atoms with Gasteiger partial charge in [0.15, 0.2) is 5.89 Å². The molecule has 0 amide bonds. The van der Waals surface area contributed by atoms with Crippen molar-refractivity contribution in [2.75, 3.05) is 0 Å². The molecule has 0 atom stereocenters. The van der Waals surface area contributed by atoms with Gasteiger partial charge in [-0.15, -0.1) is 0 Å². The molecule has 0 saturated carbocycles. The SMILES string of the molecule is CCCCc1nc(-c2ccc(Br)cc2)co1. The van der Waals surface area contributed by atoms with Gasteiger partial charge in [0.25, 0.3) is 0 Å². The van der Waals surface area contributed by atoms with Gasteiger partial charge in [0.1, 0.15) is 12.0 Å². The second-order valence-corrected chi connectivity index (χ2v) is 4.65. The van der Waals surface area contributed by atoms with Crippen LogP contribution in [0.15, 0.2) is 39.4 Å². The maximum atomic E-state index is 5.43. The molecule has 1 aromatic carbocycles. The highest BCUT2D eigenvalue weighted by atomic mass is 79.9. The second-order valence-electron chi connectivity index (χ2n) is 3.74. The fourth-order valence-corrected chi connectivity index (χ4v) is 1.77. The topological polar surface area (TPSA) is 26.0 Å². The Hall–Kier alpha value is -1.09. The number of hydrogen-bond acceptors (Lipinski definition) is 2. The summed E-state index contributed by atoms with van der Waals surface area (Å²) in [6.45, 7) is 2.17. The predicted molar refractivity (Wildman–Crippen MR) is 68.3 cm³/mol. The highest BCUT2D eigenvalue weighted by molar-refractivity contribution is 9.10. The third-order valence-corrected chi connectivity index (χ3v) is 2.96. The van der Waals surface area contributed by atoms with E-state index in [-0.39, 0.29) is 0 Å². The van der Waals surface area contributed by atoms with Gasteiger partial charge in [0.05, 0.1) is 0 Å². The van der Waals surface area contributed by atoms with Crippen LogP contribution in [-0.4, -0.2) is 4.98 Å². The van der Waals surface area contributed by atoms with E-state index in [1.54, 1.807) is 6.26 Å². The molecule has 2 aromatic rings. The van der Waals surface area contributed by atoms with E-state index in [9.17, 15) is 0 Å². The zero-order chi connectivity index (χ0) is 11.4. The molecule has 0 N–H and O–H groups in total. The summed E-state index contributed by atoms with van der Waals surface area (Å²) in [7, 11) is 0. The Balaban J connectivity index is 2.15. The Morgan fingerprint density at radius 1 is 1.25 bits per heavy atom. The molecule has 1 aromatic heterocycles. The first kappa shape index (κ1) is 11.4. The maximum Gasteiger partial charge on any atom is 0.194 e. The van der Waals surface area contributed by atoms with Crippen LogP contribution in [0.1, 0.15) is 25.7 Å². The second kappa shape index (κ2) is 5.30. The van der Waals surface area contributed by atoms with Crippen molar-refractivity contribution < 1.29 is 4.42 Å². The Morgan fingerprint density at radius 3 is 2.69 bits per heavy atom. The normalized spacial score (nSPS) is 10.6. The summed E-state index contributed by atoms with van der Waals surface area (Å²) in [4.78, 5) is 4.47. The Labute approximate surface area is 104 Å². The third-order valence-electron chi connectivity index (χ3n) is 2.44. The first-order chi connectivity index (χ1) is 7.79. The molecule has 1 heterocycles. The lowest BCUT2D eigenvalue weighted by atomic mass is 10.2. The van der Waals surface area contributed by atoms with Crippen LogP contribution in [0.25, 0.3) is 11.3 Å². The number of hydrogen-bond donors (Lipinski definition) is 0. The molecule has 0 radical (unpaired) electrons. The van der Waals surface area contributed by atoms with Crippen molar-refractivity contribution in [3.05, 3.63) is 40.9 Å². The Bertz CT molecular complexity index is 447. The van der Waals surface area contributed by atoms with Crippen LogP contribution in [0.3, 0.4) is 0 Å². The molecule has 16 heavy (non-hydrogen) atoms. The summed E-state index contributed by atoms with van der Waals surface area (Å²) in [5.74, 6) is 0.833. The lowest BCUT2D eigenvalue weighted by Crippen LogP contribution is -1.84. The Morgan fingerprint density at radius 2 is 2.00 bits per heavy atom. The number of nitrogens with zero attached hydrogens (tertiary/aromatic N) is 1. The summed E-state index contributed by atoms with van der Waals surface area (Å²) in [5.41, 5.74) is 2.01. The monoisotopic (exact) mass is 279 g/mol. The maximum absolute atomic E-state index is 5.43. The molecule has 0 saturated heterocycles. The van der Waals surface area contributed by atoms with Gasteiger partial charge in [-0.1, -0.05) is 41.4 Å². The van der Waals surface area contributed by atoms with Crippen LogP contribution in [0.4, 0.5) is 0 Å². The first-order valence-corrected chi connectivity index (χ1v) is 6.29. The van der Waals surface area contributed by atoms with Gasteiger partial charge in [-0.2, -0.15) is 0 Å². The average molecular weight is 280 g/mol. The molecule has 2 nitrogen and oxygen atoms in total. The first-order valence-electron chi connectivity index (χ1n) is 5.50. The van der Waals surface area contributed by atoms with Crippen LogP contribution in [0.5, 0.6) is 0 Å². The predicted octanol–water partition coefficient (Wildman–Crippen LogP) is 4.45. The van der Waals surface area contributed by atoms with Gasteiger partial charge in [-0.05, 0) is 18.6 Å².